The standard InChI is InChI=1S/C19H28O2/c20-18(15-14-16-8-3-1-4-9-16)12-7-13-19(21)17-10-5-2-6-11-17/h1,3-4,7-9,13,17-21H,2,5-6,10-12,14-15H2/b13-7-/t18-,19+/m0/s1. The van der Waals surface area contributed by atoms with Gasteiger partial charge in [0.15, 0.2) is 0 Å². The molecule has 116 valence electrons. The summed E-state index contributed by atoms with van der Waals surface area (Å²) in [6.45, 7) is 0. The first-order valence-corrected chi connectivity index (χ1v) is 8.32. The lowest BCUT2D eigenvalue weighted by Gasteiger charge is -2.24. The van der Waals surface area contributed by atoms with Gasteiger partial charge in [0.25, 0.3) is 0 Å². The van der Waals surface area contributed by atoms with Crippen molar-refractivity contribution in [3.05, 3.63) is 48.0 Å². The molecule has 1 aliphatic rings. The molecular formula is C19H28O2. The molecule has 2 nitrogen and oxygen atoms in total. The molecule has 2 atom stereocenters. The highest BCUT2D eigenvalue weighted by atomic mass is 16.3. The van der Waals surface area contributed by atoms with E-state index in [0.29, 0.717) is 12.3 Å². The van der Waals surface area contributed by atoms with E-state index in [1.54, 1.807) is 0 Å². The van der Waals surface area contributed by atoms with Gasteiger partial charge in [-0.1, -0.05) is 61.7 Å². The van der Waals surface area contributed by atoms with Crippen LogP contribution in [-0.4, -0.2) is 22.4 Å². The second kappa shape index (κ2) is 9.01. The van der Waals surface area contributed by atoms with E-state index in [-0.39, 0.29) is 12.2 Å². The summed E-state index contributed by atoms with van der Waals surface area (Å²) < 4.78 is 0. The van der Waals surface area contributed by atoms with Crippen LogP contribution in [0.15, 0.2) is 42.5 Å². The summed E-state index contributed by atoms with van der Waals surface area (Å²) in [4.78, 5) is 0. The lowest BCUT2D eigenvalue weighted by molar-refractivity contribution is 0.124. The van der Waals surface area contributed by atoms with Crippen LogP contribution in [0.4, 0.5) is 0 Å². The fourth-order valence-corrected chi connectivity index (χ4v) is 3.10. The lowest BCUT2D eigenvalue weighted by Crippen LogP contribution is -2.20. The van der Waals surface area contributed by atoms with Crippen LogP contribution in [0, 0.1) is 5.92 Å². The fourth-order valence-electron chi connectivity index (χ4n) is 3.10. The van der Waals surface area contributed by atoms with Gasteiger partial charge in [-0.15, -0.1) is 0 Å². The average molecular weight is 288 g/mol. The van der Waals surface area contributed by atoms with Crippen molar-refractivity contribution in [2.75, 3.05) is 0 Å². The molecule has 0 aromatic heterocycles. The number of benzene rings is 1. The molecule has 0 bridgehead atoms. The third-order valence-electron chi connectivity index (χ3n) is 4.48. The van der Waals surface area contributed by atoms with Crippen molar-refractivity contribution in [3.8, 4) is 0 Å². The zero-order valence-electron chi connectivity index (χ0n) is 12.8. The van der Waals surface area contributed by atoms with Crippen molar-refractivity contribution in [1.29, 1.82) is 0 Å². The molecule has 1 aromatic carbocycles. The van der Waals surface area contributed by atoms with Gasteiger partial charge in [-0.3, -0.25) is 0 Å². The number of rotatable bonds is 7. The largest absolute Gasteiger partial charge is 0.393 e. The lowest BCUT2D eigenvalue weighted by atomic mass is 9.85. The summed E-state index contributed by atoms with van der Waals surface area (Å²) in [6.07, 6.45) is 11.6. The Bertz CT molecular complexity index is 407. The molecule has 0 radical (unpaired) electrons. The summed E-state index contributed by atoms with van der Waals surface area (Å²) in [5, 5.41) is 20.1. The van der Waals surface area contributed by atoms with Gasteiger partial charge in [0.1, 0.15) is 0 Å². The number of hydrogen-bond acceptors (Lipinski definition) is 2. The molecule has 0 aliphatic heterocycles. The van der Waals surface area contributed by atoms with Crippen molar-refractivity contribution in [2.45, 2.75) is 63.6 Å². The minimum Gasteiger partial charge on any atom is -0.393 e. The second-order valence-electron chi connectivity index (χ2n) is 6.23. The van der Waals surface area contributed by atoms with E-state index in [2.05, 4.69) is 12.1 Å². The third-order valence-corrected chi connectivity index (χ3v) is 4.48. The number of aliphatic hydroxyl groups excluding tert-OH is 2. The highest BCUT2D eigenvalue weighted by Crippen LogP contribution is 2.27. The molecule has 2 heteroatoms. The van der Waals surface area contributed by atoms with Gasteiger partial charge in [0, 0.05) is 0 Å². The van der Waals surface area contributed by atoms with Crippen LogP contribution in [0.1, 0.15) is 50.5 Å². The van der Waals surface area contributed by atoms with Gasteiger partial charge in [-0.25, -0.2) is 0 Å². The van der Waals surface area contributed by atoms with Gasteiger partial charge >= 0.3 is 0 Å². The highest BCUT2D eigenvalue weighted by molar-refractivity contribution is 5.14. The molecule has 1 aromatic rings. The molecule has 0 saturated heterocycles. The van der Waals surface area contributed by atoms with Gasteiger partial charge in [0.2, 0.25) is 0 Å². The van der Waals surface area contributed by atoms with E-state index >= 15 is 0 Å². The molecule has 2 N–H and O–H groups in total. The Morgan fingerprint density at radius 3 is 2.48 bits per heavy atom. The summed E-state index contributed by atoms with van der Waals surface area (Å²) >= 11 is 0. The van der Waals surface area contributed by atoms with Crippen LogP contribution in [0.3, 0.4) is 0 Å². The first-order valence-electron chi connectivity index (χ1n) is 8.32. The van der Waals surface area contributed by atoms with Crippen molar-refractivity contribution in [1.82, 2.24) is 0 Å². The topological polar surface area (TPSA) is 40.5 Å². The Hall–Kier alpha value is -1.12. The molecule has 0 amide bonds. The predicted molar refractivity (Wildman–Crippen MR) is 87.1 cm³/mol. The van der Waals surface area contributed by atoms with E-state index in [1.807, 2.05) is 30.4 Å². The smallest absolute Gasteiger partial charge is 0.0749 e. The number of aryl methyl sites for hydroxylation is 1. The second-order valence-corrected chi connectivity index (χ2v) is 6.23. The number of aliphatic hydroxyl groups is 2. The normalized spacial score (nSPS) is 19.7. The third kappa shape index (κ3) is 6.03. The maximum atomic E-state index is 10.1. The van der Waals surface area contributed by atoms with Crippen molar-refractivity contribution in [2.24, 2.45) is 5.92 Å². The Balaban J connectivity index is 1.65. The van der Waals surface area contributed by atoms with E-state index in [4.69, 9.17) is 0 Å². The van der Waals surface area contributed by atoms with Crippen LogP contribution in [0.2, 0.25) is 0 Å². The summed E-state index contributed by atoms with van der Waals surface area (Å²) in [6, 6.07) is 10.3. The molecule has 0 spiro atoms. The minimum absolute atomic E-state index is 0.319. The first-order chi connectivity index (χ1) is 10.3. The van der Waals surface area contributed by atoms with Gasteiger partial charge in [0.05, 0.1) is 12.2 Å². The molecule has 0 heterocycles. The number of hydrogen-bond donors (Lipinski definition) is 2. The summed E-state index contributed by atoms with van der Waals surface area (Å²) in [7, 11) is 0. The van der Waals surface area contributed by atoms with Crippen molar-refractivity contribution in [3.63, 3.8) is 0 Å². The Morgan fingerprint density at radius 1 is 1.05 bits per heavy atom. The quantitative estimate of drug-likeness (QED) is 0.748. The highest BCUT2D eigenvalue weighted by Gasteiger charge is 2.19. The zero-order chi connectivity index (χ0) is 14.9. The van der Waals surface area contributed by atoms with E-state index in [9.17, 15) is 10.2 Å². The molecule has 1 aliphatic carbocycles. The SMILES string of the molecule is O[C@@H](C/C=C\[C@@H](O)C1CCCCC1)CCc1ccccc1. The molecule has 21 heavy (non-hydrogen) atoms. The molecule has 2 rings (SSSR count). The summed E-state index contributed by atoms with van der Waals surface area (Å²) in [5.74, 6) is 0.427. The molecule has 1 fully saturated rings. The van der Waals surface area contributed by atoms with E-state index < -0.39 is 0 Å². The minimum atomic E-state index is -0.327. The van der Waals surface area contributed by atoms with Crippen LogP contribution < -0.4 is 0 Å². The van der Waals surface area contributed by atoms with Crippen molar-refractivity contribution < 1.29 is 10.2 Å². The van der Waals surface area contributed by atoms with Gasteiger partial charge in [-0.05, 0) is 43.6 Å². The van der Waals surface area contributed by atoms with Crippen LogP contribution in [0.25, 0.3) is 0 Å². The van der Waals surface area contributed by atoms with Gasteiger partial charge < -0.3 is 10.2 Å². The molecule has 1 saturated carbocycles. The Labute approximate surface area is 128 Å². The Kier molecular flexibility index (Phi) is 6.98. The maximum Gasteiger partial charge on any atom is 0.0749 e. The monoisotopic (exact) mass is 288 g/mol. The van der Waals surface area contributed by atoms with E-state index in [1.165, 1.54) is 24.8 Å². The van der Waals surface area contributed by atoms with Crippen LogP contribution in [-0.2, 0) is 6.42 Å². The molecule has 0 unspecified atom stereocenters. The first kappa shape index (κ1) is 16.3. The molecular weight excluding hydrogens is 260 g/mol. The maximum absolute atomic E-state index is 10.1. The predicted octanol–water partition coefficient (Wildman–Crippen LogP) is 3.87. The Morgan fingerprint density at radius 2 is 1.76 bits per heavy atom. The van der Waals surface area contributed by atoms with Crippen molar-refractivity contribution >= 4 is 0 Å². The fraction of sp³-hybridized carbons (Fsp3) is 0.579. The van der Waals surface area contributed by atoms with Crippen LogP contribution in [0.5, 0.6) is 0 Å². The summed E-state index contributed by atoms with van der Waals surface area (Å²) in [5.41, 5.74) is 1.27. The van der Waals surface area contributed by atoms with Crippen LogP contribution >= 0.6 is 0 Å². The average Bonchev–Trinajstić information content (AvgIpc) is 2.54. The zero-order valence-corrected chi connectivity index (χ0v) is 12.8. The van der Waals surface area contributed by atoms with E-state index in [0.717, 1.165) is 25.7 Å². The van der Waals surface area contributed by atoms with Gasteiger partial charge in [-0.2, -0.15) is 0 Å².